The highest BCUT2D eigenvalue weighted by Crippen LogP contribution is 2.46. The minimum absolute atomic E-state index is 0.593. The first-order chi connectivity index (χ1) is 5.18. The Kier molecular flexibility index (Phi) is 3.02. The van der Waals surface area contributed by atoms with Crippen LogP contribution >= 0.6 is 11.8 Å². The number of nitrogens with one attached hydrogen (secondary N) is 1. The Labute approximate surface area is 73.6 Å². The molecule has 0 aliphatic heterocycles. The Morgan fingerprint density at radius 3 is 2.64 bits per heavy atom. The largest absolute Gasteiger partial charge is 0.312 e. The topological polar surface area (TPSA) is 12.0 Å². The molecule has 64 valence electrons. The Bertz CT molecular complexity index is 150. The maximum absolute atomic E-state index is 3.85. The summed E-state index contributed by atoms with van der Waals surface area (Å²) >= 11 is 2.00. The summed E-state index contributed by atoms with van der Waals surface area (Å²) in [6.07, 6.45) is 4.98. The zero-order valence-electron chi connectivity index (χ0n) is 7.44. The van der Waals surface area contributed by atoms with E-state index >= 15 is 0 Å². The molecule has 0 atom stereocenters. The number of hydrogen-bond acceptors (Lipinski definition) is 2. The van der Waals surface area contributed by atoms with Gasteiger partial charge in [0.1, 0.15) is 0 Å². The predicted octanol–water partition coefficient (Wildman–Crippen LogP) is 2.05. The molecule has 0 aromatic carbocycles. The molecule has 0 radical (unpaired) electrons. The summed E-state index contributed by atoms with van der Waals surface area (Å²) in [5, 5.41) is 3.42. The molecule has 0 bridgehead atoms. The second kappa shape index (κ2) is 3.63. The van der Waals surface area contributed by atoms with Gasteiger partial charge in [0.15, 0.2) is 0 Å². The molecule has 0 unspecified atom stereocenters. The Hall–Kier alpha value is 0.0500. The Morgan fingerprint density at radius 2 is 2.27 bits per heavy atom. The fraction of sp³-hybridized carbons (Fsp3) is 0.778. The third-order valence-corrected chi connectivity index (χ3v) is 3.53. The van der Waals surface area contributed by atoms with E-state index in [-0.39, 0.29) is 0 Å². The molecule has 2 heteroatoms. The molecule has 0 saturated heterocycles. The van der Waals surface area contributed by atoms with Crippen molar-refractivity contribution in [3.8, 4) is 0 Å². The minimum atomic E-state index is 0.593. The molecule has 11 heavy (non-hydrogen) atoms. The van der Waals surface area contributed by atoms with E-state index in [2.05, 4.69) is 25.1 Å². The average Bonchev–Trinajstić information content (AvgIpc) is 2.69. The van der Waals surface area contributed by atoms with Crippen LogP contribution in [-0.2, 0) is 0 Å². The third kappa shape index (κ3) is 2.88. The first-order valence-corrected chi connectivity index (χ1v) is 5.31. The van der Waals surface area contributed by atoms with Crippen LogP contribution in [0.2, 0.25) is 0 Å². The summed E-state index contributed by atoms with van der Waals surface area (Å²) in [7, 11) is 0. The van der Waals surface area contributed by atoms with E-state index in [1.165, 1.54) is 18.4 Å². The molecule has 1 aliphatic carbocycles. The van der Waals surface area contributed by atoms with Gasteiger partial charge in [-0.3, -0.25) is 0 Å². The number of hydrogen-bond donors (Lipinski definition) is 1. The lowest BCUT2D eigenvalue weighted by Crippen LogP contribution is -2.26. The van der Waals surface area contributed by atoms with Gasteiger partial charge in [0.25, 0.3) is 0 Å². The summed E-state index contributed by atoms with van der Waals surface area (Å²) in [6.45, 7) is 8.04. The van der Waals surface area contributed by atoms with Crippen LogP contribution in [0.15, 0.2) is 12.2 Å². The molecule has 0 amide bonds. The summed E-state index contributed by atoms with van der Waals surface area (Å²) in [5.41, 5.74) is 1.22. The van der Waals surface area contributed by atoms with Gasteiger partial charge < -0.3 is 5.32 Å². The molecular weight excluding hydrogens is 154 g/mol. The maximum Gasteiger partial charge on any atom is 0.0282 e. The van der Waals surface area contributed by atoms with Crippen molar-refractivity contribution in [3.63, 3.8) is 0 Å². The van der Waals surface area contributed by atoms with Crippen molar-refractivity contribution < 1.29 is 0 Å². The molecule has 1 aliphatic rings. The minimum Gasteiger partial charge on any atom is -0.312 e. The SMILES string of the molecule is C=C(C)CNCC1(SC)CC1. The smallest absolute Gasteiger partial charge is 0.0282 e. The quantitative estimate of drug-likeness (QED) is 0.635. The fourth-order valence-electron chi connectivity index (χ4n) is 1.10. The predicted molar refractivity (Wildman–Crippen MR) is 53.2 cm³/mol. The van der Waals surface area contributed by atoms with Gasteiger partial charge in [0, 0.05) is 17.8 Å². The molecule has 1 rings (SSSR count). The van der Waals surface area contributed by atoms with Crippen LogP contribution in [0.25, 0.3) is 0 Å². The zero-order valence-corrected chi connectivity index (χ0v) is 8.26. The van der Waals surface area contributed by atoms with Crippen molar-refractivity contribution in [2.75, 3.05) is 19.3 Å². The Morgan fingerprint density at radius 1 is 1.64 bits per heavy atom. The summed E-state index contributed by atoms with van der Waals surface area (Å²) in [4.78, 5) is 0. The Balaban J connectivity index is 2.07. The summed E-state index contributed by atoms with van der Waals surface area (Å²) in [5.74, 6) is 0. The molecule has 1 N–H and O–H groups in total. The van der Waals surface area contributed by atoms with E-state index in [0.29, 0.717) is 4.75 Å². The van der Waals surface area contributed by atoms with E-state index in [1.807, 2.05) is 11.8 Å². The van der Waals surface area contributed by atoms with Gasteiger partial charge >= 0.3 is 0 Å². The van der Waals surface area contributed by atoms with Gasteiger partial charge in [-0.05, 0) is 26.0 Å². The molecule has 1 fully saturated rings. The van der Waals surface area contributed by atoms with Crippen LogP contribution < -0.4 is 5.32 Å². The van der Waals surface area contributed by atoms with Crippen molar-refractivity contribution >= 4 is 11.8 Å². The van der Waals surface area contributed by atoms with Crippen LogP contribution in [0.3, 0.4) is 0 Å². The molecule has 0 heterocycles. The normalized spacial score (nSPS) is 19.8. The molecule has 0 aromatic rings. The van der Waals surface area contributed by atoms with Crippen molar-refractivity contribution in [3.05, 3.63) is 12.2 Å². The van der Waals surface area contributed by atoms with Gasteiger partial charge in [-0.2, -0.15) is 11.8 Å². The molecule has 0 aromatic heterocycles. The van der Waals surface area contributed by atoms with Crippen molar-refractivity contribution in [1.82, 2.24) is 5.32 Å². The summed E-state index contributed by atoms with van der Waals surface area (Å²) < 4.78 is 0.593. The van der Waals surface area contributed by atoms with Gasteiger partial charge in [-0.1, -0.05) is 12.2 Å². The van der Waals surface area contributed by atoms with Crippen molar-refractivity contribution in [2.45, 2.75) is 24.5 Å². The average molecular weight is 171 g/mol. The molecule has 1 nitrogen and oxygen atoms in total. The standard InChI is InChI=1S/C9H17NS/c1-8(2)6-10-7-9(11-3)4-5-9/h10H,1,4-7H2,2-3H3. The highest BCUT2D eigenvalue weighted by molar-refractivity contribution is 8.00. The molecule has 1 saturated carbocycles. The van der Waals surface area contributed by atoms with Crippen LogP contribution in [0, 0.1) is 0 Å². The lowest BCUT2D eigenvalue weighted by molar-refractivity contribution is 0.700. The lowest BCUT2D eigenvalue weighted by Gasteiger charge is -2.12. The van der Waals surface area contributed by atoms with Crippen molar-refractivity contribution in [1.29, 1.82) is 0 Å². The highest BCUT2D eigenvalue weighted by Gasteiger charge is 2.41. The van der Waals surface area contributed by atoms with Crippen LogP contribution in [0.1, 0.15) is 19.8 Å². The maximum atomic E-state index is 3.85. The van der Waals surface area contributed by atoms with E-state index < -0.39 is 0 Å². The van der Waals surface area contributed by atoms with Crippen LogP contribution in [-0.4, -0.2) is 24.1 Å². The van der Waals surface area contributed by atoms with Gasteiger partial charge in [0.05, 0.1) is 0 Å². The third-order valence-electron chi connectivity index (χ3n) is 2.11. The highest BCUT2D eigenvalue weighted by atomic mass is 32.2. The zero-order chi connectivity index (χ0) is 8.32. The lowest BCUT2D eigenvalue weighted by atomic mass is 10.3. The van der Waals surface area contributed by atoms with Crippen LogP contribution in [0.5, 0.6) is 0 Å². The second-order valence-electron chi connectivity index (χ2n) is 3.45. The number of rotatable bonds is 5. The van der Waals surface area contributed by atoms with Crippen molar-refractivity contribution in [2.24, 2.45) is 0 Å². The first-order valence-electron chi connectivity index (χ1n) is 4.09. The molecular formula is C9H17NS. The first kappa shape index (κ1) is 9.14. The van der Waals surface area contributed by atoms with E-state index in [4.69, 9.17) is 0 Å². The monoisotopic (exact) mass is 171 g/mol. The van der Waals surface area contributed by atoms with Gasteiger partial charge in [-0.15, -0.1) is 0 Å². The fourth-order valence-corrected chi connectivity index (χ4v) is 1.85. The van der Waals surface area contributed by atoms with Gasteiger partial charge in [0.2, 0.25) is 0 Å². The number of thioether (sulfide) groups is 1. The van der Waals surface area contributed by atoms with Gasteiger partial charge in [-0.25, -0.2) is 0 Å². The second-order valence-corrected chi connectivity index (χ2v) is 4.72. The van der Waals surface area contributed by atoms with E-state index in [0.717, 1.165) is 13.1 Å². The van der Waals surface area contributed by atoms with Crippen LogP contribution in [0.4, 0.5) is 0 Å². The van der Waals surface area contributed by atoms with E-state index in [9.17, 15) is 0 Å². The summed E-state index contributed by atoms with van der Waals surface area (Å²) in [6, 6.07) is 0. The molecule has 0 spiro atoms. The van der Waals surface area contributed by atoms with E-state index in [1.54, 1.807) is 0 Å².